The Morgan fingerprint density at radius 3 is 2.76 bits per heavy atom. The predicted octanol–water partition coefficient (Wildman–Crippen LogP) is 3.19. The van der Waals surface area contributed by atoms with Gasteiger partial charge in [0.1, 0.15) is 5.82 Å². The fourth-order valence-corrected chi connectivity index (χ4v) is 3.44. The number of hydrogen-bond donors (Lipinski definition) is 2. The Labute approximate surface area is 169 Å². The van der Waals surface area contributed by atoms with Crippen molar-refractivity contribution >= 4 is 5.96 Å². The molecular formula is C22H25FN6. The average molecular weight is 392 g/mol. The van der Waals surface area contributed by atoms with E-state index < -0.39 is 0 Å². The molecule has 0 aliphatic heterocycles. The van der Waals surface area contributed by atoms with Gasteiger partial charge in [-0.25, -0.2) is 19.0 Å². The molecule has 2 aromatic heterocycles. The molecule has 1 saturated carbocycles. The molecule has 1 fully saturated rings. The van der Waals surface area contributed by atoms with Crippen LogP contribution in [0.3, 0.4) is 0 Å². The van der Waals surface area contributed by atoms with Gasteiger partial charge in [0.25, 0.3) is 0 Å². The van der Waals surface area contributed by atoms with E-state index in [-0.39, 0.29) is 11.2 Å². The normalized spacial score (nSPS) is 15.2. The molecule has 4 rings (SSSR count). The van der Waals surface area contributed by atoms with E-state index in [2.05, 4.69) is 20.7 Å². The van der Waals surface area contributed by atoms with Gasteiger partial charge in [0.05, 0.1) is 6.54 Å². The van der Waals surface area contributed by atoms with Crippen molar-refractivity contribution in [2.75, 3.05) is 13.1 Å². The first-order chi connectivity index (χ1) is 14.2. The van der Waals surface area contributed by atoms with Crippen molar-refractivity contribution in [1.82, 2.24) is 25.4 Å². The van der Waals surface area contributed by atoms with Gasteiger partial charge in [-0.2, -0.15) is 5.10 Å². The first-order valence-electron chi connectivity index (χ1n) is 9.92. The van der Waals surface area contributed by atoms with Crippen LogP contribution in [0.4, 0.5) is 4.39 Å². The maximum Gasteiger partial charge on any atom is 0.191 e. The maximum atomic E-state index is 14.2. The van der Waals surface area contributed by atoms with E-state index in [1.807, 2.05) is 43.5 Å². The Morgan fingerprint density at radius 2 is 2.03 bits per heavy atom. The second-order valence-electron chi connectivity index (χ2n) is 7.28. The highest BCUT2D eigenvalue weighted by atomic mass is 19.1. The quantitative estimate of drug-likeness (QED) is 0.479. The first kappa shape index (κ1) is 19.1. The second kappa shape index (κ2) is 8.43. The lowest BCUT2D eigenvalue weighted by molar-refractivity contribution is 0.559. The zero-order valence-electron chi connectivity index (χ0n) is 16.5. The smallest absolute Gasteiger partial charge is 0.191 e. The van der Waals surface area contributed by atoms with E-state index in [0.717, 1.165) is 42.3 Å². The van der Waals surface area contributed by atoms with Crippen molar-refractivity contribution < 1.29 is 4.39 Å². The van der Waals surface area contributed by atoms with Crippen LogP contribution in [0.1, 0.15) is 30.9 Å². The zero-order valence-corrected chi connectivity index (χ0v) is 16.5. The Bertz CT molecular complexity index is 978. The second-order valence-corrected chi connectivity index (χ2v) is 7.28. The van der Waals surface area contributed by atoms with Crippen LogP contribution in [0.2, 0.25) is 0 Å². The average Bonchev–Trinajstić information content (AvgIpc) is 3.32. The SMILES string of the molecule is CCNC(=NCc1ccnc(-n2cccn2)c1)NCC1(c2ccccc2F)CC1. The van der Waals surface area contributed by atoms with E-state index in [1.165, 1.54) is 6.07 Å². The minimum Gasteiger partial charge on any atom is -0.357 e. The number of hydrogen-bond acceptors (Lipinski definition) is 3. The summed E-state index contributed by atoms with van der Waals surface area (Å²) < 4.78 is 16.0. The van der Waals surface area contributed by atoms with Crippen LogP contribution in [0.25, 0.3) is 5.82 Å². The molecule has 0 amide bonds. The highest BCUT2D eigenvalue weighted by molar-refractivity contribution is 5.80. The third-order valence-electron chi connectivity index (χ3n) is 5.21. The van der Waals surface area contributed by atoms with Gasteiger partial charge >= 0.3 is 0 Å². The topological polar surface area (TPSA) is 67.1 Å². The molecule has 2 N–H and O–H groups in total. The number of benzene rings is 1. The van der Waals surface area contributed by atoms with Crippen molar-refractivity contribution in [1.29, 1.82) is 0 Å². The van der Waals surface area contributed by atoms with Gasteiger partial charge in [0.2, 0.25) is 0 Å². The zero-order chi connectivity index (χ0) is 20.1. The van der Waals surface area contributed by atoms with Gasteiger partial charge in [-0.15, -0.1) is 0 Å². The number of aromatic nitrogens is 3. The predicted molar refractivity (Wildman–Crippen MR) is 111 cm³/mol. The third-order valence-corrected chi connectivity index (χ3v) is 5.21. The number of nitrogens with zero attached hydrogens (tertiary/aromatic N) is 4. The van der Waals surface area contributed by atoms with Crippen LogP contribution in [-0.2, 0) is 12.0 Å². The molecule has 7 heteroatoms. The molecule has 0 radical (unpaired) electrons. The van der Waals surface area contributed by atoms with Crippen LogP contribution in [-0.4, -0.2) is 33.8 Å². The highest BCUT2D eigenvalue weighted by Gasteiger charge is 2.45. The molecule has 1 aromatic carbocycles. The molecule has 1 aliphatic rings. The third kappa shape index (κ3) is 4.45. The molecule has 29 heavy (non-hydrogen) atoms. The summed E-state index contributed by atoms with van der Waals surface area (Å²) in [6.07, 6.45) is 7.32. The summed E-state index contributed by atoms with van der Waals surface area (Å²) >= 11 is 0. The van der Waals surface area contributed by atoms with Crippen molar-refractivity contribution in [2.24, 2.45) is 4.99 Å². The summed E-state index contributed by atoms with van der Waals surface area (Å²) in [4.78, 5) is 9.05. The molecule has 3 aromatic rings. The van der Waals surface area contributed by atoms with Crippen LogP contribution in [0.15, 0.2) is 66.0 Å². The van der Waals surface area contributed by atoms with Gasteiger partial charge in [-0.1, -0.05) is 18.2 Å². The van der Waals surface area contributed by atoms with Crippen molar-refractivity contribution in [3.63, 3.8) is 0 Å². The van der Waals surface area contributed by atoms with Gasteiger partial charge in [0.15, 0.2) is 11.8 Å². The molecule has 0 saturated heterocycles. The summed E-state index contributed by atoms with van der Waals surface area (Å²) in [5, 5.41) is 10.9. The lowest BCUT2D eigenvalue weighted by atomic mass is 9.95. The summed E-state index contributed by atoms with van der Waals surface area (Å²) in [5.74, 6) is 1.36. The largest absolute Gasteiger partial charge is 0.357 e. The fraction of sp³-hybridized carbons (Fsp3) is 0.318. The summed E-state index contributed by atoms with van der Waals surface area (Å²) in [6.45, 7) is 3.96. The van der Waals surface area contributed by atoms with Crippen LogP contribution in [0, 0.1) is 5.82 Å². The molecule has 0 bridgehead atoms. The van der Waals surface area contributed by atoms with E-state index in [0.29, 0.717) is 13.1 Å². The van der Waals surface area contributed by atoms with Gasteiger partial charge in [0, 0.05) is 37.1 Å². The van der Waals surface area contributed by atoms with Gasteiger partial charge in [-0.05, 0) is 55.2 Å². The number of halogens is 1. The van der Waals surface area contributed by atoms with Crippen molar-refractivity contribution in [3.05, 3.63) is 78.0 Å². The van der Waals surface area contributed by atoms with E-state index in [4.69, 9.17) is 4.99 Å². The summed E-state index contributed by atoms with van der Waals surface area (Å²) in [6, 6.07) is 12.8. The van der Waals surface area contributed by atoms with Crippen LogP contribution in [0.5, 0.6) is 0 Å². The Kier molecular flexibility index (Phi) is 5.55. The molecular weight excluding hydrogens is 367 g/mol. The molecule has 150 valence electrons. The van der Waals surface area contributed by atoms with Crippen molar-refractivity contribution in [2.45, 2.75) is 31.7 Å². The molecule has 2 heterocycles. The number of rotatable bonds is 7. The molecule has 6 nitrogen and oxygen atoms in total. The fourth-order valence-electron chi connectivity index (χ4n) is 3.44. The lowest BCUT2D eigenvalue weighted by Gasteiger charge is -2.19. The Hall–Kier alpha value is -3.22. The molecule has 0 atom stereocenters. The van der Waals surface area contributed by atoms with Gasteiger partial charge in [-0.3, -0.25) is 0 Å². The minimum atomic E-state index is -0.133. The molecule has 0 unspecified atom stereocenters. The van der Waals surface area contributed by atoms with E-state index in [1.54, 1.807) is 23.1 Å². The first-order valence-corrected chi connectivity index (χ1v) is 9.92. The monoisotopic (exact) mass is 392 g/mol. The molecule has 1 aliphatic carbocycles. The number of pyridine rings is 1. The Balaban J connectivity index is 1.44. The highest BCUT2D eigenvalue weighted by Crippen LogP contribution is 2.48. The molecule has 0 spiro atoms. The lowest BCUT2D eigenvalue weighted by Crippen LogP contribution is -2.41. The summed E-state index contributed by atoms with van der Waals surface area (Å²) in [5.41, 5.74) is 1.70. The summed E-state index contributed by atoms with van der Waals surface area (Å²) in [7, 11) is 0. The number of aliphatic imine (C=N–C) groups is 1. The number of guanidine groups is 1. The Morgan fingerprint density at radius 1 is 1.17 bits per heavy atom. The van der Waals surface area contributed by atoms with E-state index >= 15 is 0 Å². The minimum absolute atomic E-state index is 0.128. The van der Waals surface area contributed by atoms with Crippen molar-refractivity contribution in [3.8, 4) is 5.82 Å². The van der Waals surface area contributed by atoms with Crippen LogP contribution >= 0.6 is 0 Å². The maximum absolute atomic E-state index is 14.2. The number of nitrogens with one attached hydrogen (secondary N) is 2. The van der Waals surface area contributed by atoms with Gasteiger partial charge < -0.3 is 10.6 Å². The van der Waals surface area contributed by atoms with E-state index in [9.17, 15) is 4.39 Å². The standard InChI is InChI=1S/C22H25FN6/c1-2-24-21(27-16-22(9-10-22)18-6-3-4-7-19(18)23)26-15-17-8-12-25-20(14-17)29-13-5-11-28-29/h3-8,11-14H,2,9-10,15-16H2,1H3,(H2,24,26,27). The van der Waals surface area contributed by atoms with Crippen LogP contribution < -0.4 is 10.6 Å².